The Morgan fingerprint density at radius 3 is 2.75 bits per heavy atom. The van der Waals surface area contributed by atoms with Crippen LogP contribution in [0.2, 0.25) is 0 Å². The number of carbonyl (C=O) groups is 1. The smallest absolute Gasteiger partial charge is 0.334 e. The molecule has 0 atom stereocenters. The number of rotatable bonds is 5. The largest absolute Gasteiger partial charge is 0.489 e. The first-order valence-electron chi connectivity index (χ1n) is 5.14. The number of hydrogen-bond donors (Lipinski definition) is 1. The van der Waals surface area contributed by atoms with Crippen LogP contribution in [0.3, 0.4) is 0 Å². The molecule has 1 N–H and O–H groups in total. The summed E-state index contributed by atoms with van der Waals surface area (Å²) in [5.74, 6) is 0.0693. The molecule has 0 aliphatic carbocycles. The molecule has 0 fully saturated rings. The van der Waals surface area contributed by atoms with E-state index >= 15 is 0 Å². The molecular formula is C13H16O3. The molecule has 0 spiro atoms. The van der Waals surface area contributed by atoms with Crippen LogP contribution in [0.25, 0.3) is 0 Å². The summed E-state index contributed by atoms with van der Waals surface area (Å²) in [6.07, 6.45) is 0. The van der Waals surface area contributed by atoms with Crippen molar-refractivity contribution in [2.75, 3.05) is 6.61 Å². The molecule has 3 heteroatoms. The van der Waals surface area contributed by atoms with E-state index < -0.39 is 5.97 Å². The van der Waals surface area contributed by atoms with Gasteiger partial charge in [-0.1, -0.05) is 32.6 Å². The van der Waals surface area contributed by atoms with Gasteiger partial charge in [-0.3, -0.25) is 0 Å². The van der Waals surface area contributed by atoms with Gasteiger partial charge in [0.2, 0.25) is 0 Å². The molecule has 0 amide bonds. The van der Waals surface area contributed by atoms with Crippen LogP contribution in [-0.4, -0.2) is 17.7 Å². The van der Waals surface area contributed by atoms with Crippen molar-refractivity contribution < 1.29 is 14.6 Å². The number of benzene rings is 1. The van der Waals surface area contributed by atoms with Crippen molar-refractivity contribution in [2.45, 2.75) is 19.8 Å². The number of carboxylic acids is 1. The number of ether oxygens (including phenoxy) is 1. The minimum atomic E-state index is -1.03. The van der Waals surface area contributed by atoms with Gasteiger partial charge in [0.1, 0.15) is 12.4 Å². The Balaban J connectivity index is 2.64. The van der Waals surface area contributed by atoms with Crippen LogP contribution in [0.4, 0.5) is 0 Å². The van der Waals surface area contributed by atoms with Crippen LogP contribution in [0.15, 0.2) is 36.4 Å². The van der Waals surface area contributed by atoms with Gasteiger partial charge in [-0.2, -0.15) is 0 Å². The van der Waals surface area contributed by atoms with Gasteiger partial charge in [-0.15, -0.1) is 0 Å². The molecular weight excluding hydrogens is 204 g/mol. The van der Waals surface area contributed by atoms with Crippen molar-refractivity contribution >= 4 is 5.97 Å². The normalized spacial score (nSPS) is 10.2. The average molecular weight is 220 g/mol. The Labute approximate surface area is 95.4 Å². The predicted molar refractivity (Wildman–Crippen MR) is 62.8 cm³/mol. The fraction of sp³-hybridized carbons (Fsp3) is 0.308. The maximum atomic E-state index is 10.5. The molecule has 0 aliphatic rings. The van der Waals surface area contributed by atoms with Gasteiger partial charge in [0, 0.05) is 0 Å². The predicted octanol–water partition coefficient (Wildman–Crippen LogP) is 2.83. The first-order chi connectivity index (χ1) is 7.50. The highest BCUT2D eigenvalue weighted by Gasteiger charge is 2.05. The molecule has 0 aliphatic heterocycles. The summed E-state index contributed by atoms with van der Waals surface area (Å²) in [5, 5.41) is 8.62. The molecule has 86 valence electrons. The molecule has 0 saturated carbocycles. The molecule has 1 rings (SSSR count). The second-order valence-electron chi connectivity index (χ2n) is 3.92. The number of aliphatic carboxylic acids is 1. The van der Waals surface area contributed by atoms with Crippen LogP contribution < -0.4 is 4.74 Å². The highest BCUT2D eigenvalue weighted by atomic mass is 16.5. The third-order valence-corrected chi connectivity index (χ3v) is 2.24. The molecule has 0 radical (unpaired) electrons. The van der Waals surface area contributed by atoms with Crippen molar-refractivity contribution in [2.24, 2.45) is 0 Å². The summed E-state index contributed by atoms with van der Waals surface area (Å²) in [5.41, 5.74) is 1.22. The van der Waals surface area contributed by atoms with Gasteiger partial charge >= 0.3 is 5.97 Å². The first kappa shape index (κ1) is 12.3. The van der Waals surface area contributed by atoms with E-state index in [1.165, 1.54) is 5.56 Å². The molecule has 16 heavy (non-hydrogen) atoms. The summed E-state index contributed by atoms with van der Waals surface area (Å²) in [4.78, 5) is 10.5. The second kappa shape index (κ2) is 5.35. The number of carboxylic acid groups (broad SMARTS) is 1. The van der Waals surface area contributed by atoms with E-state index in [1.54, 1.807) is 6.07 Å². The van der Waals surface area contributed by atoms with Crippen LogP contribution >= 0.6 is 0 Å². The highest BCUT2D eigenvalue weighted by Crippen LogP contribution is 2.20. The van der Waals surface area contributed by atoms with Gasteiger partial charge < -0.3 is 9.84 Å². The lowest BCUT2D eigenvalue weighted by molar-refractivity contribution is -0.133. The van der Waals surface area contributed by atoms with E-state index in [1.807, 2.05) is 18.2 Å². The number of hydrogen-bond acceptors (Lipinski definition) is 2. The van der Waals surface area contributed by atoms with Gasteiger partial charge in [-0.05, 0) is 23.6 Å². The van der Waals surface area contributed by atoms with E-state index in [0.29, 0.717) is 11.7 Å². The Kier molecular flexibility index (Phi) is 4.11. The van der Waals surface area contributed by atoms with E-state index in [0.717, 1.165) is 0 Å². The summed E-state index contributed by atoms with van der Waals surface area (Å²) >= 11 is 0. The molecule has 1 aromatic carbocycles. The van der Waals surface area contributed by atoms with Gasteiger partial charge in [0.05, 0.1) is 5.57 Å². The molecule has 0 heterocycles. The minimum Gasteiger partial charge on any atom is -0.489 e. The van der Waals surface area contributed by atoms with Crippen LogP contribution in [0.1, 0.15) is 25.3 Å². The monoisotopic (exact) mass is 220 g/mol. The Morgan fingerprint density at radius 1 is 1.50 bits per heavy atom. The minimum absolute atomic E-state index is 0.0108. The lowest BCUT2D eigenvalue weighted by Crippen LogP contribution is -2.08. The third-order valence-electron chi connectivity index (χ3n) is 2.24. The topological polar surface area (TPSA) is 46.5 Å². The van der Waals surface area contributed by atoms with E-state index in [2.05, 4.69) is 20.4 Å². The fourth-order valence-electron chi connectivity index (χ4n) is 1.20. The maximum absolute atomic E-state index is 10.5. The standard InChI is InChI=1S/C13H16O3/c1-9(2)11-5-4-6-12(7-11)16-8-10(3)13(14)15/h4-7,9H,3,8H2,1-2H3,(H,14,15). The summed E-state index contributed by atoms with van der Waals surface area (Å²) in [7, 11) is 0. The SMILES string of the molecule is C=C(COc1cccc(C(C)C)c1)C(=O)O. The van der Waals surface area contributed by atoms with E-state index in [-0.39, 0.29) is 12.2 Å². The quantitative estimate of drug-likeness (QED) is 0.776. The van der Waals surface area contributed by atoms with E-state index in [9.17, 15) is 4.79 Å². The van der Waals surface area contributed by atoms with Crippen molar-refractivity contribution in [1.29, 1.82) is 0 Å². The zero-order valence-electron chi connectivity index (χ0n) is 9.56. The average Bonchev–Trinajstić information content (AvgIpc) is 2.26. The molecule has 1 aromatic rings. The summed E-state index contributed by atoms with van der Waals surface area (Å²) in [6, 6.07) is 7.64. The Bertz CT molecular complexity index is 394. The molecule has 0 bridgehead atoms. The van der Waals surface area contributed by atoms with Crippen molar-refractivity contribution in [3.63, 3.8) is 0 Å². The molecule has 0 saturated heterocycles. The maximum Gasteiger partial charge on any atom is 0.334 e. The molecule has 0 unspecified atom stereocenters. The van der Waals surface area contributed by atoms with E-state index in [4.69, 9.17) is 9.84 Å². The first-order valence-corrected chi connectivity index (χ1v) is 5.14. The Hall–Kier alpha value is -1.77. The van der Waals surface area contributed by atoms with Gasteiger partial charge in [0.15, 0.2) is 0 Å². The zero-order chi connectivity index (χ0) is 12.1. The van der Waals surface area contributed by atoms with Gasteiger partial charge in [-0.25, -0.2) is 4.79 Å². The third kappa shape index (κ3) is 3.42. The lowest BCUT2D eigenvalue weighted by atomic mass is 10.0. The Morgan fingerprint density at radius 2 is 2.19 bits per heavy atom. The van der Waals surface area contributed by atoms with Crippen LogP contribution in [0, 0.1) is 0 Å². The van der Waals surface area contributed by atoms with Gasteiger partial charge in [0.25, 0.3) is 0 Å². The van der Waals surface area contributed by atoms with Crippen molar-refractivity contribution in [3.05, 3.63) is 42.0 Å². The summed E-state index contributed by atoms with van der Waals surface area (Å²) < 4.78 is 5.34. The van der Waals surface area contributed by atoms with Crippen molar-refractivity contribution in [3.8, 4) is 5.75 Å². The lowest BCUT2D eigenvalue weighted by Gasteiger charge is -2.09. The fourth-order valence-corrected chi connectivity index (χ4v) is 1.20. The summed E-state index contributed by atoms with van der Waals surface area (Å²) in [6.45, 7) is 7.60. The molecule has 0 aromatic heterocycles. The highest BCUT2D eigenvalue weighted by molar-refractivity contribution is 5.86. The van der Waals surface area contributed by atoms with Crippen LogP contribution in [0.5, 0.6) is 5.75 Å². The van der Waals surface area contributed by atoms with Crippen molar-refractivity contribution in [1.82, 2.24) is 0 Å². The van der Waals surface area contributed by atoms with Crippen LogP contribution in [-0.2, 0) is 4.79 Å². The molecule has 3 nitrogen and oxygen atoms in total. The zero-order valence-corrected chi connectivity index (χ0v) is 9.56. The second-order valence-corrected chi connectivity index (χ2v) is 3.92.